The van der Waals surface area contributed by atoms with Crippen molar-refractivity contribution in [3.8, 4) is 0 Å². The Hall–Kier alpha value is -1.35. The van der Waals surface area contributed by atoms with Gasteiger partial charge in [-0.15, -0.1) is 0 Å². The lowest BCUT2D eigenvalue weighted by molar-refractivity contribution is -0.148. The number of rotatable bonds is 3. The second-order valence-corrected chi connectivity index (χ2v) is 3.87. The molecule has 80 valence electrons. The fourth-order valence-electron chi connectivity index (χ4n) is 1.49. The van der Waals surface area contributed by atoms with Crippen molar-refractivity contribution in [3.63, 3.8) is 0 Å². The van der Waals surface area contributed by atoms with Gasteiger partial charge in [-0.2, -0.15) is 0 Å². The van der Waals surface area contributed by atoms with Crippen LogP contribution < -0.4 is 0 Å². The zero-order chi connectivity index (χ0) is 10.8. The molecule has 2 atom stereocenters. The zero-order valence-corrected chi connectivity index (χ0v) is 8.84. The fourth-order valence-corrected chi connectivity index (χ4v) is 1.49. The molecule has 2 rings (SSSR count). The maximum Gasteiger partial charge on any atom is 0.338 e. The van der Waals surface area contributed by atoms with Gasteiger partial charge >= 0.3 is 5.97 Å². The molecule has 1 heterocycles. The molecule has 0 saturated carbocycles. The Labute approximate surface area is 89.0 Å². The molecule has 0 bridgehead atoms. The van der Waals surface area contributed by atoms with Crippen LogP contribution in [0.1, 0.15) is 25.5 Å². The van der Waals surface area contributed by atoms with Gasteiger partial charge in [0.15, 0.2) is 6.10 Å². The van der Waals surface area contributed by atoms with Gasteiger partial charge in [-0.25, -0.2) is 4.79 Å². The standard InChI is InChI=1S/C12H14O3/c1-8(2)14-12(13)11-10(15-11)9-6-4-3-5-7-9/h3-8,10-11H,1-2H3/t10-,11+/m0/s1. The lowest BCUT2D eigenvalue weighted by atomic mass is 10.1. The van der Waals surface area contributed by atoms with Crippen LogP contribution in [0.2, 0.25) is 0 Å². The molecular formula is C12H14O3. The van der Waals surface area contributed by atoms with Gasteiger partial charge in [0, 0.05) is 0 Å². The molecule has 15 heavy (non-hydrogen) atoms. The maximum absolute atomic E-state index is 11.5. The van der Waals surface area contributed by atoms with E-state index in [1.165, 1.54) is 0 Å². The third-order valence-corrected chi connectivity index (χ3v) is 2.20. The van der Waals surface area contributed by atoms with Crippen molar-refractivity contribution in [2.45, 2.75) is 32.2 Å². The minimum atomic E-state index is -0.408. The van der Waals surface area contributed by atoms with Gasteiger partial charge in [0.05, 0.1) is 6.10 Å². The Morgan fingerprint density at radius 2 is 2.00 bits per heavy atom. The van der Waals surface area contributed by atoms with Crippen LogP contribution in [0, 0.1) is 0 Å². The number of carbonyl (C=O) groups is 1. The first-order chi connectivity index (χ1) is 7.18. The number of carbonyl (C=O) groups excluding carboxylic acids is 1. The van der Waals surface area contributed by atoms with E-state index in [2.05, 4.69) is 0 Å². The maximum atomic E-state index is 11.5. The molecule has 0 aromatic heterocycles. The minimum absolute atomic E-state index is 0.0851. The molecule has 0 N–H and O–H groups in total. The van der Waals surface area contributed by atoms with Crippen molar-refractivity contribution >= 4 is 5.97 Å². The average molecular weight is 206 g/mol. The molecule has 1 fully saturated rings. The quantitative estimate of drug-likeness (QED) is 0.561. The second kappa shape index (κ2) is 4.03. The lowest BCUT2D eigenvalue weighted by Gasteiger charge is -2.05. The molecule has 1 aliphatic rings. The summed E-state index contributed by atoms with van der Waals surface area (Å²) in [5.74, 6) is -0.265. The number of ether oxygens (including phenoxy) is 2. The summed E-state index contributed by atoms with van der Waals surface area (Å²) in [6.07, 6.45) is -0.606. The molecule has 3 nitrogen and oxygen atoms in total. The van der Waals surface area contributed by atoms with Crippen molar-refractivity contribution in [2.24, 2.45) is 0 Å². The number of benzene rings is 1. The molecule has 0 spiro atoms. The summed E-state index contributed by atoms with van der Waals surface area (Å²) in [6, 6.07) is 9.71. The van der Waals surface area contributed by atoms with E-state index in [1.54, 1.807) is 0 Å². The topological polar surface area (TPSA) is 38.8 Å². The minimum Gasteiger partial charge on any atom is -0.461 e. The van der Waals surface area contributed by atoms with Crippen LogP contribution >= 0.6 is 0 Å². The summed E-state index contributed by atoms with van der Waals surface area (Å²) in [5, 5.41) is 0. The summed E-state index contributed by atoms with van der Waals surface area (Å²) in [5.41, 5.74) is 1.03. The predicted molar refractivity (Wildman–Crippen MR) is 55.3 cm³/mol. The molecule has 1 aliphatic heterocycles. The highest BCUT2D eigenvalue weighted by Crippen LogP contribution is 2.39. The van der Waals surface area contributed by atoms with Gasteiger partial charge in [-0.1, -0.05) is 30.3 Å². The third-order valence-electron chi connectivity index (χ3n) is 2.20. The lowest BCUT2D eigenvalue weighted by Crippen LogP contribution is -2.17. The van der Waals surface area contributed by atoms with Gasteiger partial charge < -0.3 is 9.47 Å². The van der Waals surface area contributed by atoms with E-state index in [0.29, 0.717) is 0 Å². The van der Waals surface area contributed by atoms with Crippen molar-refractivity contribution in [1.29, 1.82) is 0 Å². The summed E-state index contributed by atoms with van der Waals surface area (Å²) in [6.45, 7) is 3.66. The number of hydrogen-bond donors (Lipinski definition) is 0. The second-order valence-electron chi connectivity index (χ2n) is 3.87. The van der Waals surface area contributed by atoms with E-state index in [9.17, 15) is 4.79 Å². The van der Waals surface area contributed by atoms with Crippen molar-refractivity contribution in [1.82, 2.24) is 0 Å². The van der Waals surface area contributed by atoms with Gasteiger partial charge in [-0.3, -0.25) is 0 Å². The van der Waals surface area contributed by atoms with Crippen LogP contribution in [-0.4, -0.2) is 18.2 Å². The van der Waals surface area contributed by atoms with E-state index in [-0.39, 0.29) is 18.2 Å². The average Bonchev–Trinajstić information content (AvgIpc) is 2.97. The highest BCUT2D eigenvalue weighted by atomic mass is 16.6. The number of epoxide rings is 1. The van der Waals surface area contributed by atoms with Gasteiger partial charge in [0.2, 0.25) is 0 Å². The molecule has 1 aromatic rings. The van der Waals surface area contributed by atoms with Crippen LogP contribution in [-0.2, 0) is 14.3 Å². The zero-order valence-electron chi connectivity index (χ0n) is 8.84. The molecule has 0 amide bonds. The molecule has 1 aromatic carbocycles. The number of hydrogen-bond acceptors (Lipinski definition) is 3. The van der Waals surface area contributed by atoms with E-state index < -0.39 is 6.10 Å². The SMILES string of the molecule is CC(C)OC(=O)[C@@H]1O[C@H]1c1ccccc1. The first-order valence-corrected chi connectivity index (χ1v) is 5.09. The van der Waals surface area contributed by atoms with Crippen LogP contribution in [0.3, 0.4) is 0 Å². The molecular weight excluding hydrogens is 192 g/mol. The fraction of sp³-hybridized carbons (Fsp3) is 0.417. The summed E-state index contributed by atoms with van der Waals surface area (Å²) in [7, 11) is 0. The third kappa shape index (κ3) is 2.36. The Kier molecular flexibility index (Phi) is 2.73. The van der Waals surface area contributed by atoms with Gasteiger partial charge in [-0.05, 0) is 19.4 Å². The highest BCUT2D eigenvalue weighted by molar-refractivity contribution is 5.78. The van der Waals surface area contributed by atoms with Crippen LogP contribution in [0.4, 0.5) is 0 Å². The first kappa shape index (κ1) is 10.2. The highest BCUT2D eigenvalue weighted by Gasteiger charge is 2.47. The van der Waals surface area contributed by atoms with Crippen LogP contribution in [0.5, 0.6) is 0 Å². The van der Waals surface area contributed by atoms with Crippen LogP contribution in [0.15, 0.2) is 30.3 Å². The van der Waals surface area contributed by atoms with Gasteiger partial charge in [0.25, 0.3) is 0 Å². The normalized spacial score (nSPS) is 23.9. The monoisotopic (exact) mass is 206 g/mol. The number of esters is 1. The first-order valence-electron chi connectivity index (χ1n) is 5.09. The molecule has 1 saturated heterocycles. The van der Waals surface area contributed by atoms with E-state index in [4.69, 9.17) is 9.47 Å². The van der Waals surface area contributed by atoms with Crippen molar-refractivity contribution in [3.05, 3.63) is 35.9 Å². The largest absolute Gasteiger partial charge is 0.461 e. The van der Waals surface area contributed by atoms with E-state index >= 15 is 0 Å². The Morgan fingerprint density at radius 1 is 1.33 bits per heavy atom. The summed E-state index contributed by atoms with van der Waals surface area (Å²) >= 11 is 0. The molecule has 0 radical (unpaired) electrons. The smallest absolute Gasteiger partial charge is 0.338 e. The van der Waals surface area contributed by atoms with Crippen molar-refractivity contribution in [2.75, 3.05) is 0 Å². The van der Waals surface area contributed by atoms with Crippen LogP contribution in [0.25, 0.3) is 0 Å². The summed E-state index contributed by atoms with van der Waals surface area (Å²) < 4.78 is 10.4. The Balaban J connectivity index is 1.94. The molecule has 0 aliphatic carbocycles. The van der Waals surface area contributed by atoms with Gasteiger partial charge in [0.1, 0.15) is 6.10 Å². The molecule has 3 heteroatoms. The van der Waals surface area contributed by atoms with Crippen molar-refractivity contribution < 1.29 is 14.3 Å². The Morgan fingerprint density at radius 3 is 2.60 bits per heavy atom. The molecule has 0 unspecified atom stereocenters. The summed E-state index contributed by atoms with van der Waals surface area (Å²) in [4.78, 5) is 11.5. The van der Waals surface area contributed by atoms with E-state index in [1.807, 2.05) is 44.2 Å². The predicted octanol–water partition coefficient (Wildman–Crippen LogP) is 2.08. The van der Waals surface area contributed by atoms with E-state index in [0.717, 1.165) is 5.56 Å². The Bertz CT molecular complexity index is 345.